The van der Waals surface area contributed by atoms with Gasteiger partial charge in [-0.2, -0.15) is 0 Å². The van der Waals surface area contributed by atoms with Crippen LogP contribution in [0.4, 0.5) is 0 Å². The molecule has 0 unspecified atom stereocenters. The van der Waals surface area contributed by atoms with Gasteiger partial charge in [0.1, 0.15) is 0 Å². The Kier molecular flexibility index (Phi) is 4.21. The van der Waals surface area contributed by atoms with Crippen molar-refractivity contribution in [3.05, 3.63) is 0 Å². The van der Waals surface area contributed by atoms with Crippen LogP contribution in [0.3, 0.4) is 0 Å². The molecule has 5 nitrogen and oxygen atoms in total. The number of carbonyl (C=O) groups excluding carboxylic acids is 2. The second-order valence-corrected chi connectivity index (χ2v) is 2.08. The van der Waals surface area contributed by atoms with E-state index < -0.39 is 18.0 Å². The summed E-state index contributed by atoms with van der Waals surface area (Å²) in [5.74, 6) is -1.19. The fraction of sp³-hybridized carbons (Fsp3) is 0.667. The SMILES string of the molecule is CC(=O)O[C@@H](CCN)C(N)=O. The molecule has 0 aromatic carbocycles. The molecule has 5 heteroatoms. The molecule has 0 aromatic rings. The summed E-state index contributed by atoms with van der Waals surface area (Å²) in [7, 11) is 0. The number of primary amides is 1. The van der Waals surface area contributed by atoms with Gasteiger partial charge in [-0.15, -0.1) is 0 Å². The van der Waals surface area contributed by atoms with Crippen molar-refractivity contribution in [3.63, 3.8) is 0 Å². The minimum Gasteiger partial charge on any atom is -0.452 e. The molecule has 1 amide bonds. The molecular weight excluding hydrogens is 148 g/mol. The summed E-state index contributed by atoms with van der Waals surface area (Å²) in [6.07, 6.45) is -0.605. The summed E-state index contributed by atoms with van der Waals surface area (Å²) >= 11 is 0. The third-order valence-corrected chi connectivity index (χ3v) is 1.05. The predicted molar refractivity (Wildman–Crippen MR) is 38.4 cm³/mol. The molecule has 0 aliphatic heterocycles. The van der Waals surface area contributed by atoms with E-state index in [-0.39, 0.29) is 13.0 Å². The zero-order chi connectivity index (χ0) is 8.85. The van der Waals surface area contributed by atoms with Gasteiger partial charge in [0.25, 0.3) is 5.91 Å². The van der Waals surface area contributed by atoms with Gasteiger partial charge in [-0.1, -0.05) is 0 Å². The zero-order valence-electron chi connectivity index (χ0n) is 6.37. The molecule has 11 heavy (non-hydrogen) atoms. The second kappa shape index (κ2) is 4.68. The van der Waals surface area contributed by atoms with Gasteiger partial charge in [-0.3, -0.25) is 9.59 Å². The summed E-state index contributed by atoms with van der Waals surface area (Å²) in [4.78, 5) is 20.9. The maximum atomic E-state index is 10.5. The highest BCUT2D eigenvalue weighted by molar-refractivity contribution is 5.81. The third kappa shape index (κ3) is 4.32. The summed E-state index contributed by atoms with van der Waals surface area (Å²) in [5.41, 5.74) is 10.0. The van der Waals surface area contributed by atoms with Gasteiger partial charge >= 0.3 is 5.97 Å². The lowest BCUT2D eigenvalue weighted by atomic mass is 10.2. The van der Waals surface area contributed by atoms with Crippen molar-refractivity contribution < 1.29 is 14.3 Å². The van der Waals surface area contributed by atoms with Gasteiger partial charge in [0.05, 0.1) is 0 Å². The molecule has 1 atom stereocenters. The topological polar surface area (TPSA) is 95.4 Å². The highest BCUT2D eigenvalue weighted by Crippen LogP contribution is 1.96. The van der Waals surface area contributed by atoms with Gasteiger partial charge in [0.2, 0.25) is 0 Å². The Morgan fingerprint density at radius 2 is 2.09 bits per heavy atom. The Hall–Kier alpha value is -1.10. The van der Waals surface area contributed by atoms with Gasteiger partial charge in [0.15, 0.2) is 6.10 Å². The molecule has 0 aliphatic rings. The average molecular weight is 160 g/mol. The monoisotopic (exact) mass is 160 g/mol. The quantitative estimate of drug-likeness (QED) is 0.502. The maximum absolute atomic E-state index is 10.5. The van der Waals surface area contributed by atoms with Gasteiger partial charge in [-0.25, -0.2) is 0 Å². The van der Waals surface area contributed by atoms with Crippen LogP contribution in [0, 0.1) is 0 Å². The van der Waals surface area contributed by atoms with Gasteiger partial charge in [0, 0.05) is 13.3 Å². The summed E-state index contributed by atoms with van der Waals surface area (Å²) in [5, 5.41) is 0. The van der Waals surface area contributed by atoms with Gasteiger partial charge in [-0.05, 0) is 6.54 Å². The van der Waals surface area contributed by atoms with E-state index in [9.17, 15) is 9.59 Å². The molecule has 0 saturated carbocycles. The molecule has 0 aromatic heterocycles. The van der Waals surface area contributed by atoms with Crippen LogP contribution in [0.15, 0.2) is 0 Å². The summed E-state index contributed by atoms with van der Waals surface area (Å²) in [6, 6.07) is 0. The van der Waals surface area contributed by atoms with Crippen LogP contribution in [0.2, 0.25) is 0 Å². The molecule has 64 valence electrons. The first-order chi connectivity index (χ1) is 5.07. The van der Waals surface area contributed by atoms with E-state index in [1.807, 2.05) is 0 Å². The van der Waals surface area contributed by atoms with E-state index in [0.717, 1.165) is 0 Å². The number of hydrogen-bond donors (Lipinski definition) is 2. The summed E-state index contributed by atoms with van der Waals surface area (Å²) < 4.78 is 4.56. The molecule has 4 N–H and O–H groups in total. The molecular formula is C6H12N2O3. The number of hydrogen-bond acceptors (Lipinski definition) is 4. The minimum atomic E-state index is -0.877. The molecule has 0 saturated heterocycles. The second-order valence-electron chi connectivity index (χ2n) is 2.08. The number of esters is 1. The number of amides is 1. The Morgan fingerprint density at radius 1 is 1.55 bits per heavy atom. The lowest BCUT2D eigenvalue weighted by molar-refractivity contribution is -0.152. The van der Waals surface area contributed by atoms with Crippen molar-refractivity contribution >= 4 is 11.9 Å². The predicted octanol–water partition coefficient (Wildman–Crippen LogP) is -1.25. The van der Waals surface area contributed by atoms with Crippen LogP contribution < -0.4 is 11.5 Å². The maximum Gasteiger partial charge on any atom is 0.303 e. The van der Waals surface area contributed by atoms with Crippen LogP contribution in [0.25, 0.3) is 0 Å². The highest BCUT2D eigenvalue weighted by atomic mass is 16.5. The Balaban J connectivity index is 3.89. The molecule has 0 rings (SSSR count). The molecule has 0 aliphatic carbocycles. The van der Waals surface area contributed by atoms with Crippen LogP contribution in [0.1, 0.15) is 13.3 Å². The first-order valence-electron chi connectivity index (χ1n) is 3.24. The largest absolute Gasteiger partial charge is 0.452 e. The highest BCUT2D eigenvalue weighted by Gasteiger charge is 2.16. The Bertz CT molecular complexity index is 158. The van der Waals surface area contributed by atoms with E-state index in [1.54, 1.807) is 0 Å². The van der Waals surface area contributed by atoms with Gasteiger partial charge < -0.3 is 16.2 Å². The lowest BCUT2D eigenvalue weighted by Gasteiger charge is -2.11. The van der Waals surface area contributed by atoms with Crippen molar-refractivity contribution in [3.8, 4) is 0 Å². The van der Waals surface area contributed by atoms with Crippen LogP contribution in [-0.2, 0) is 14.3 Å². The lowest BCUT2D eigenvalue weighted by Crippen LogP contribution is -2.34. The van der Waals surface area contributed by atoms with E-state index >= 15 is 0 Å². The third-order valence-electron chi connectivity index (χ3n) is 1.05. The normalized spacial score (nSPS) is 12.2. The average Bonchev–Trinajstić information content (AvgIpc) is 1.86. The summed E-state index contributed by atoms with van der Waals surface area (Å²) in [6.45, 7) is 1.48. The molecule has 0 bridgehead atoms. The van der Waals surface area contributed by atoms with E-state index in [0.29, 0.717) is 0 Å². The first kappa shape index (κ1) is 9.90. The zero-order valence-corrected chi connectivity index (χ0v) is 6.37. The van der Waals surface area contributed by atoms with Crippen molar-refractivity contribution in [2.45, 2.75) is 19.4 Å². The molecule has 0 fully saturated rings. The number of nitrogens with two attached hydrogens (primary N) is 2. The van der Waals surface area contributed by atoms with E-state index in [1.165, 1.54) is 6.92 Å². The van der Waals surface area contributed by atoms with Crippen molar-refractivity contribution in [2.24, 2.45) is 11.5 Å². The van der Waals surface area contributed by atoms with Crippen LogP contribution in [0.5, 0.6) is 0 Å². The van der Waals surface area contributed by atoms with Crippen molar-refractivity contribution in [2.75, 3.05) is 6.54 Å². The number of rotatable bonds is 4. The van der Waals surface area contributed by atoms with E-state index in [2.05, 4.69) is 4.74 Å². The number of ether oxygens (including phenoxy) is 1. The standard InChI is InChI=1S/C6H12N2O3/c1-4(9)11-5(2-3-7)6(8)10/h5H,2-3,7H2,1H3,(H2,8,10)/t5-/m0/s1. The Labute approximate surface area is 64.7 Å². The van der Waals surface area contributed by atoms with Crippen molar-refractivity contribution in [1.29, 1.82) is 0 Å². The molecule has 0 radical (unpaired) electrons. The number of carbonyl (C=O) groups is 2. The fourth-order valence-corrected chi connectivity index (χ4v) is 0.611. The van der Waals surface area contributed by atoms with Crippen LogP contribution in [-0.4, -0.2) is 24.5 Å². The van der Waals surface area contributed by atoms with E-state index in [4.69, 9.17) is 11.5 Å². The minimum absolute atomic E-state index is 0.265. The fourth-order valence-electron chi connectivity index (χ4n) is 0.611. The Morgan fingerprint density at radius 3 is 2.36 bits per heavy atom. The molecule has 0 spiro atoms. The smallest absolute Gasteiger partial charge is 0.303 e. The molecule has 0 heterocycles. The van der Waals surface area contributed by atoms with Crippen LogP contribution >= 0.6 is 0 Å². The first-order valence-corrected chi connectivity index (χ1v) is 3.24. The van der Waals surface area contributed by atoms with Crippen molar-refractivity contribution in [1.82, 2.24) is 0 Å².